The van der Waals surface area contributed by atoms with Crippen molar-refractivity contribution in [2.75, 3.05) is 6.26 Å². The molecule has 1 unspecified atom stereocenters. The molecule has 1 aliphatic rings. The van der Waals surface area contributed by atoms with Crippen LogP contribution in [-0.2, 0) is 0 Å². The molecule has 1 saturated carbocycles. The molecule has 1 fully saturated rings. The number of rotatable bonds is 5. The zero-order valence-electron chi connectivity index (χ0n) is 12.4. The van der Waals surface area contributed by atoms with Crippen molar-refractivity contribution in [2.45, 2.75) is 36.1 Å². The molecule has 0 spiro atoms. The maximum atomic E-state index is 5.84. The summed E-state index contributed by atoms with van der Waals surface area (Å²) in [6.07, 6.45) is 6.16. The average molecular weight is 298 g/mol. The van der Waals surface area contributed by atoms with E-state index in [2.05, 4.69) is 60.2 Å². The molecule has 0 bridgehead atoms. The lowest BCUT2D eigenvalue weighted by Gasteiger charge is -2.26. The zero-order valence-corrected chi connectivity index (χ0v) is 13.2. The maximum absolute atomic E-state index is 5.84. The van der Waals surface area contributed by atoms with Gasteiger partial charge in [-0.25, -0.2) is 5.43 Å². The number of hydrogen-bond acceptors (Lipinski definition) is 3. The topological polar surface area (TPSA) is 38.0 Å². The third-order valence-corrected chi connectivity index (χ3v) is 5.27. The molecule has 0 aliphatic heterocycles. The number of hydrogen-bond donors (Lipinski definition) is 2. The fraction of sp³-hybridized carbons (Fsp3) is 0.333. The van der Waals surface area contributed by atoms with Gasteiger partial charge in [0.05, 0.1) is 6.04 Å². The van der Waals surface area contributed by atoms with Gasteiger partial charge in [0.15, 0.2) is 0 Å². The van der Waals surface area contributed by atoms with Gasteiger partial charge < -0.3 is 0 Å². The van der Waals surface area contributed by atoms with E-state index >= 15 is 0 Å². The Hall–Kier alpha value is -1.29. The molecule has 110 valence electrons. The molecule has 0 radical (unpaired) electrons. The second kappa shape index (κ2) is 6.65. The van der Waals surface area contributed by atoms with Gasteiger partial charge in [0.1, 0.15) is 0 Å². The highest BCUT2D eigenvalue weighted by atomic mass is 32.2. The van der Waals surface area contributed by atoms with Gasteiger partial charge >= 0.3 is 0 Å². The molecule has 0 amide bonds. The lowest BCUT2D eigenvalue weighted by atomic mass is 9.79. The third kappa shape index (κ3) is 3.00. The van der Waals surface area contributed by atoms with E-state index in [1.54, 1.807) is 11.8 Å². The van der Waals surface area contributed by atoms with E-state index in [1.165, 1.54) is 40.8 Å². The van der Waals surface area contributed by atoms with E-state index in [1.807, 2.05) is 0 Å². The van der Waals surface area contributed by atoms with Crippen LogP contribution >= 0.6 is 11.8 Å². The van der Waals surface area contributed by atoms with Crippen LogP contribution in [0.3, 0.4) is 0 Å². The largest absolute Gasteiger partial charge is 0.271 e. The van der Waals surface area contributed by atoms with Crippen molar-refractivity contribution in [1.29, 1.82) is 0 Å². The van der Waals surface area contributed by atoms with Crippen LogP contribution in [-0.4, -0.2) is 6.26 Å². The fourth-order valence-corrected chi connectivity index (χ4v) is 3.61. The van der Waals surface area contributed by atoms with E-state index in [-0.39, 0.29) is 6.04 Å². The highest BCUT2D eigenvalue weighted by molar-refractivity contribution is 7.98. The van der Waals surface area contributed by atoms with Gasteiger partial charge in [-0.1, -0.05) is 48.9 Å². The second-order valence-corrected chi connectivity index (χ2v) is 6.48. The lowest BCUT2D eigenvalue weighted by molar-refractivity contribution is 0.419. The molecular weight excluding hydrogens is 276 g/mol. The van der Waals surface area contributed by atoms with Gasteiger partial charge in [0.25, 0.3) is 0 Å². The summed E-state index contributed by atoms with van der Waals surface area (Å²) >= 11 is 1.76. The normalized spacial score (nSPS) is 16.5. The summed E-state index contributed by atoms with van der Waals surface area (Å²) in [4.78, 5) is 1.27. The Morgan fingerprint density at radius 3 is 2.38 bits per heavy atom. The van der Waals surface area contributed by atoms with E-state index in [9.17, 15) is 0 Å². The molecule has 21 heavy (non-hydrogen) atoms. The van der Waals surface area contributed by atoms with Crippen molar-refractivity contribution in [2.24, 2.45) is 5.84 Å². The van der Waals surface area contributed by atoms with Crippen LogP contribution < -0.4 is 11.3 Å². The van der Waals surface area contributed by atoms with Gasteiger partial charge in [-0.05, 0) is 47.8 Å². The Labute approximate surface area is 131 Å². The smallest absolute Gasteiger partial charge is 0.0720 e. The quantitative estimate of drug-likeness (QED) is 0.493. The molecule has 0 heterocycles. The van der Waals surface area contributed by atoms with E-state index in [4.69, 9.17) is 5.84 Å². The summed E-state index contributed by atoms with van der Waals surface area (Å²) in [7, 11) is 0. The molecule has 3 N–H and O–H groups in total. The summed E-state index contributed by atoms with van der Waals surface area (Å²) < 4.78 is 0. The average Bonchev–Trinajstić information content (AvgIpc) is 2.48. The number of thioether (sulfide) groups is 1. The number of nitrogens with one attached hydrogen (secondary N) is 1. The van der Waals surface area contributed by atoms with Crippen molar-refractivity contribution in [3.05, 3.63) is 65.2 Å². The van der Waals surface area contributed by atoms with E-state index in [0.717, 1.165) is 5.92 Å². The summed E-state index contributed by atoms with van der Waals surface area (Å²) in [5, 5.41) is 0. The van der Waals surface area contributed by atoms with Crippen molar-refractivity contribution >= 4 is 11.8 Å². The maximum Gasteiger partial charge on any atom is 0.0720 e. The highest BCUT2D eigenvalue weighted by Crippen LogP contribution is 2.37. The third-order valence-electron chi connectivity index (χ3n) is 4.46. The summed E-state index contributed by atoms with van der Waals surface area (Å²) in [5.41, 5.74) is 6.91. The number of nitrogens with two attached hydrogens (primary N) is 1. The first-order valence-corrected chi connectivity index (χ1v) is 8.75. The predicted molar refractivity (Wildman–Crippen MR) is 90.4 cm³/mol. The molecule has 0 saturated heterocycles. The Morgan fingerprint density at radius 2 is 1.81 bits per heavy atom. The highest BCUT2D eigenvalue weighted by Gasteiger charge is 2.20. The van der Waals surface area contributed by atoms with Crippen LogP contribution in [0, 0.1) is 0 Å². The van der Waals surface area contributed by atoms with Gasteiger partial charge in [0, 0.05) is 4.90 Å². The molecule has 3 heteroatoms. The minimum Gasteiger partial charge on any atom is -0.271 e. The fourth-order valence-electron chi connectivity index (χ4n) is 2.97. The van der Waals surface area contributed by atoms with Crippen LogP contribution in [0.5, 0.6) is 0 Å². The standard InChI is InChI=1S/C18H22N2S/c1-21-17-8-3-2-7-16(17)18(20-19)15-11-9-14(10-12-15)13-5-4-6-13/h2-3,7-13,18,20H,4-6,19H2,1H3. The minimum atomic E-state index is 0.0455. The Bertz CT molecular complexity index is 590. The van der Waals surface area contributed by atoms with E-state index in [0.29, 0.717) is 0 Å². The van der Waals surface area contributed by atoms with Crippen LogP contribution in [0.2, 0.25) is 0 Å². The molecule has 1 aliphatic carbocycles. The van der Waals surface area contributed by atoms with Crippen LogP contribution in [0.1, 0.15) is 47.9 Å². The number of benzene rings is 2. The lowest BCUT2D eigenvalue weighted by Crippen LogP contribution is -2.29. The van der Waals surface area contributed by atoms with Gasteiger partial charge in [-0.15, -0.1) is 11.8 Å². The SMILES string of the molecule is CSc1ccccc1C(NN)c1ccc(C2CCC2)cc1. The first-order valence-electron chi connectivity index (χ1n) is 7.52. The second-order valence-electron chi connectivity index (χ2n) is 5.64. The molecule has 2 aromatic rings. The van der Waals surface area contributed by atoms with Crippen molar-refractivity contribution < 1.29 is 0 Å². The Balaban J connectivity index is 1.88. The molecule has 1 atom stereocenters. The van der Waals surface area contributed by atoms with Crippen molar-refractivity contribution in [3.63, 3.8) is 0 Å². The summed E-state index contributed by atoms with van der Waals surface area (Å²) in [5.74, 6) is 6.62. The molecule has 2 aromatic carbocycles. The molecular formula is C18H22N2S. The summed E-state index contributed by atoms with van der Waals surface area (Å²) in [6, 6.07) is 17.5. The van der Waals surface area contributed by atoms with E-state index < -0.39 is 0 Å². The Morgan fingerprint density at radius 1 is 1.10 bits per heavy atom. The molecule has 0 aromatic heterocycles. The van der Waals surface area contributed by atoms with Crippen molar-refractivity contribution in [1.82, 2.24) is 5.43 Å². The van der Waals surface area contributed by atoms with Gasteiger partial charge in [-0.3, -0.25) is 5.84 Å². The summed E-state index contributed by atoms with van der Waals surface area (Å²) in [6.45, 7) is 0. The van der Waals surface area contributed by atoms with Crippen LogP contribution in [0.25, 0.3) is 0 Å². The predicted octanol–water partition coefficient (Wildman–Crippen LogP) is 4.23. The van der Waals surface area contributed by atoms with Crippen molar-refractivity contribution in [3.8, 4) is 0 Å². The first kappa shape index (κ1) is 14.6. The Kier molecular flexibility index (Phi) is 4.63. The van der Waals surface area contributed by atoms with Gasteiger partial charge in [-0.2, -0.15) is 0 Å². The molecule has 2 nitrogen and oxygen atoms in total. The first-order chi connectivity index (χ1) is 10.3. The minimum absolute atomic E-state index is 0.0455. The molecule has 3 rings (SSSR count). The zero-order chi connectivity index (χ0) is 14.7. The van der Waals surface area contributed by atoms with Crippen LogP contribution in [0.4, 0.5) is 0 Å². The monoisotopic (exact) mass is 298 g/mol. The van der Waals surface area contributed by atoms with Gasteiger partial charge in [0.2, 0.25) is 0 Å². The van der Waals surface area contributed by atoms with Crippen LogP contribution in [0.15, 0.2) is 53.4 Å². The number of hydrazine groups is 1.